The third kappa shape index (κ3) is 4.52. The molecule has 0 radical (unpaired) electrons. The molecule has 0 aromatic heterocycles. The van der Waals surface area contributed by atoms with Gasteiger partial charge in [0.15, 0.2) is 0 Å². The highest BCUT2D eigenvalue weighted by Crippen LogP contribution is 2.51. The van der Waals surface area contributed by atoms with E-state index < -0.39 is 23.3 Å². The van der Waals surface area contributed by atoms with Gasteiger partial charge in [-0.3, -0.25) is 4.79 Å². The first kappa shape index (κ1) is 23.7. The van der Waals surface area contributed by atoms with Crippen molar-refractivity contribution in [2.24, 2.45) is 0 Å². The van der Waals surface area contributed by atoms with Crippen LogP contribution in [-0.4, -0.2) is 65.1 Å². The van der Waals surface area contributed by atoms with Crippen molar-refractivity contribution in [2.45, 2.75) is 68.3 Å². The third-order valence-corrected chi connectivity index (χ3v) is 7.60. The molecule has 2 N–H and O–H groups in total. The Morgan fingerprint density at radius 3 is 2.55 bits per heavy atom. The molecule has 2 heterocycles. The molecule has 2 bridgehead atoms. The molecule has 5 atom stereocenters. The molecule has 4 rings (SSSR count). The molecule has 178 valence electrons. The van der Waals surface area contributed by atoms with Crippen LogP contribution >= 0.6 is 0 Å². The maximum Gasteiger partial charge on any atom is 0.257 e. The van der Waals surface area contributed by atoms with Crippen LogP contribution in [0.3, 0.4) is 0 Å². The monoisotopic (exact) mass is 453 g/mol. The standard InChI is InChI=1S/C27H35NO5/c1-26-17-20(19-9-5-4-6-10-19)18-27(33-26,15-16-29)14-13-22(24(26)30)28(2)25(31)21-11-7-8-12-23(21)32-3/h4-12,20,22,24,29-30H,13-18H2,1-3H3/t20-,22+,24-,26+,27-/m1/s1. The molecule has 1 amide bonds. The van der Waals surface area contributed by atoms with E-state index in [4.69, 9.17) is 9.47 Å². The van der Waals surface area contributed by atoms with Gasteiger partial charge in [0, 0.05) is 13.7 Å². The molecular formula is C27H35NO5. The number of aliphatic hydroxyl groups excluding tert-OH is 2. The predicted molar refractivity (Wildman–Crippen MR) is 126 cm³/mol. The second-order valence-electron chi connectivity index (χ2n) is 9.75. The van der Waals surface area contributed by atoms with E-state index >= 15 is 0 Å². The Morgan fingerprint density at radius 1 is 1.15 bits per heavy atom. The van der Waals surface area contributed by atoms with Crippen LogP contribution in [0, 0.1) is 0 Å². The minimum absolute atomic E-state index is 0.0222. The van der Waals surface area contributed by atoms with Crippen LogP contribution in [0.4, 0.5) is 0 Å². The minimum atomic E-state index is -0.867. The molecule has 0 unspecified atom stereocenters. The summed E-state index contributed by atoms with van der Waals surface area (Å²) in [5.41, 5.74) is 0.315. The number of fused-ring (bicyclic) bond motifs is 2. The maximum absolute atomic E-state index is 13.4. The molecule has 0 spiro atoms. The van der Waals surface area contributed by atoms with Crippen LogP contribution in [0.25, 0.3) is 0 Å². The highest BCUT2D eigenvalue weighted by molar-refractivity contribution is 5.97. The van der Waals surface area contributed by atoms with Crippen molar-refractivity contribution in [3.05, 3.63) is 65.7 Å². The van der Waals surface area contributed by atoms with Crippen molar-refractivity contribution in [2.75, 3.05) is 20.8 Å². The maximum atomic E-state index is 13.4. The number of hydrogen-bond acceptors (Lipinski definition) is 5. The summed E-state index contributed by atoms with van der Waals surface area (Å²) in [7, 11) is 3.29. The van der Waals surface area contributed by atoms with Gasteiger partial charge in [-0.25, -0.2) is 0 Å². The Kier molecular flexibility index (Phi) is 6.80. The first-order valence-corrected chi connectivity index (χ1v) is 11.8. The molecule has 2 aliphatic rings. The number of likely N-dealkylation sites (N-methyl/N-ethyl adjacent to an activating group) is 1. The number of aliphatic hydroxyl groups is 2. The minimum Gasteiger partial charge on any atom is -0.496 e. The van der Waals surface area contributed by atoms with E-state index in [2.05, 4.69) is 12.1 Å². The number of amides is 1. The molecule has 33 heavy (non-hydrogen) atoms. The van der Waals surface area contributed by atoms with E-state index in [1.54, 1.807) is 31.2 Å². The van der Waals surface area contributed by atoms with E-state index in [0.717, 1.165) is 6.42 Å². The van der Waals surface area contributed by atoms with Crippen LogP contribution in [0.15, 0.2) is 54.6 Å². The number of para-hydroxylation sites is 1. The van der Waals surface area contributed by atoms with Gasteiger partial charge in [0.05, 0.1) is 29.9 Å². The summed E-state index contributed by atoms with van der Waals surface area (Å²) < 4.78 is 12.1. The number of ether oxygens (including phenoxy) is 2. The number of nitrogens with zero attached hydrogens (tertiary/aromatic N) is 1. The molecular weight excluding hydrogens is 418 g/mol. The van der Waals surface area contributed by atoms with Gasteiger partial charge in [-0.1, -0.05) is 42.5 Å². The fraction of sp³-hybridized carbons (Fsp3) is 0.519. The van der Waals surface area contributed by atoms with Crippen LogP contribution in [0.5, 0.6) is 5.75 Å². The zero-order valence-electron chi connectivity index (χ0n) is 19.7. The molecule has 2 fully saturated rings. The Hall–Kier alpha value is -2.41. The highest BCUT2D eigenvalue weighted by Gasteiger charge is 2.55. The van der Waals surface area contributed by atoms with E-state index in [1.165, 1.54) is 5.56 Å². The Labute approximate surface area is 196 Å². The molecule has 6 nitrogen and oxygen atoms in total. The quantitative estimate of drug-likeness (QED) is 0.696. The van der Waals surface area contributed by atoms with Crippen molar-refractivity contribution in [3.8, 4) is 5.75 Å². The molecule has 2 aromatic rings. The summed E-state index contributed by atoms with van der Waals surface area (Å²) in [5.74, 6) is 0.534. The van der Waals surface area contributed by atoms with Gasteiger partial charge in [0.2, 0.25) is 0 Å². The van der Waals surface area contributed by atoms with Crippen molar-refractivity contribution >= 4 is 5.91 Å². The van der Waals surface area contributed by atoms with Crippen molar-refractivity contribution in [1.29, 1.82) is 0 Å². The average molecular weight is 454 g/mol. The lowest BCUT2D eigenvalue weighted by atomic mass is 9.73. The Balaban J connectivity index is 1.66. The van der Waals surface area contributed by atoms with E-state index in [1.807, 2.05) is 37.3 Å². The van der Waals surface area contributed by atoms with Gasteiger partial charge >= 0.3 is 0 Å². The normalized spacial score (nSPS) is 31.5. The van der Waals surface area contributed by atoms with Crippen LogP contribution in [0.2, 0.25) is 0 Å². The number of methoxy groups -OCH3 is 1. The molecule has 6 heteroatoms. The van der Waals surface area contributed by atoms with Gasteiger partial charge in [-0.2, -0.15) is 0 Å². The number of carbonyl (C=O) groups excluding carboxylic acids is 1. The number of benzene rings is 2. The lowest BCUT2D eigenvalue weighted by molar-refractivity contribution is -0.225. The summed E-state index contributed by atoms with van der Waals surface area (Å²) in [4.78, 5) is 15.1. The summed E-state index contributed by atoms with van der Waals surface area (Å²) in [6.45, 7) is 1.98. The van der Waals surface area contributed by atoms with E-state index in [9.17, 15) is 15.0 Å². The summed E-state index contributed by atoms with van der Waals surface area (Å²) in [6.07, 6.45) is 2.34. The fourth-order valence-electron chi connectivity index (χ4n) is 5.91. The summed E-state index contributed by atoms with van der Waals surface area (Å²) >= 11 is 0. The highest BCUT2D eigenvalue weighted by atomic mass is 16.5. The second kappa shape index (κ2) is 9.45. The number of carbonyl (C=O) groups is 1. The van der Waals surface area contributed by atoms with Gasteiger partial charge in [0.25, 0.3) is 5.91 Å². The average Bonchev–Trinajstić information content (AvgIpc) is 2.90. The predicted octanol–water partition coefficient (Wildman–Crippen LogP) is 3.76. The molecule has 0 aliphatic carbocycles. The van der Waals surface area contributed by atoms with Crippen LogP contribution in [0.1, 0.15) is 60.9 Å². The lowest BCUT2D eigenvalue weighted by Crippen LogP contribution is -2.58. The Morgan fingerprint density at radius 2 is 1.85 bits per heavy atom. The molecule has 2 aromatic carbocycles. The first-order chi connectivity index (χ1) is 15.8. The van der Waals surface area contributed by atoms with Gasteiger partial charge in [-0.05, 0) is 62.6 Å². The summed E-state index contributed by atoms with van der Waals surface area (Å²) in [5, 5.41) is 21.5. The van der Waals surface area contributed by atoms with Crippen molar-refractivity contribution in [3.63, 3.8) is 0 Å². The fourth-order valence-corrected chi connectivity index (χ4v) is 5.91. The second-order valence-corrected chi connectivity index (χ2v) is 9.75. The third-order valence-electron chi connectivity index (χ3n) is 7.60. The van der Waals surface area contributed by atoms with Gasteiger partial charge < -0.3 is 24.6 Å². The van der Waals surface area contributed by atoms with Crippen molar-refractivity contribution in [1.82, 2.24) is 4.90 Å². The van der Waals surface area contributed by atoms with Gasteiger partial charge in [-0.15, -0.1) is 0 Å². The molecule has 2 saturated heterocycles. The Bertz CT molecular complexity index is 966. The SMILES string of the molecule is COc1ccccc1C(=O)N(C)[C@H]1CC[C@@]2(CCO)C[C@H](c3ccccc3)C[C@](C)(O2)[C@@H]1O. The van der Waals surface area contributed by atoms with E-state index in [-0.39, 0.29) is 18.4 Å². The molecule has 0 saturated carbocycles. The molecule has 2 aliphatic heterocycles. The lowest BCUT2D eigenvalue weighted by Gasteiger charge is -2.50. The van der Waals surface area contributed by atoms with Crippen molar-refractivity contribution < 1.29 is 24.5 Å². The topological polar surface area (TPSA) is 79.2 Å². The zero-order valence-corrected chi connectivity index (χ0v) is 19.7. The zero-order chi connectivity index (χ0) is 23.6. The van der Waals surface area contributed by atoms with E-state index in [0.29, 0.717) is 37.0 Å². The number of rotatable bonds is 6. The largest absolute Gasteiger partial charge is 0.496 e. The number of hydrogen-bond donors (Lipinski definition) is 2. The van der Waals surface area contributed by atoms with Gasteiger partial charge in [0.1, 0.15) is 11.9 Å². The van der Waals surface area contributed by atoms with Crippen LogP contribution in [-0.2, 0) is 4.74 Å². The van der Waals surface area contributed by atoms with Crippen LogP contribution < -0.4 is 4.74 Å². The smallest absolute Gasteiger partial charge is 0.257 e. The summed E-state index contributed by atoms with van der Waals surface area (Å²) in [6, 6.07) is 17.1. The first-order valence-electron chi connectivity index (χ1n) is 11.8.